The van der Waals surface area contributed by atoms with Crippen LogP contribution in [0, 0.1) is 5.92 Å². The Morgan fingerprint density at radius 1 is 1.44 bits per heavy atom. The molecule has 100 valence electrons. The van der Waals surface area contributed by atoms with Crippen LogP contribution in [0.1, 0.15) is 18.4 Å². The van der Waals surface area contributed by atoms with Gasteiger partial charge in [-0.05, 0) is 24.8 Å². The van der Waals surface area contributed by atoms with Gasteiger partial charge >= 0.3 is 0 Å². The van der Waals surface area contributed by atoms with Gasteiger partial charge in [0.25, 0.3) is 0 Å². The molecule has 1 aromatic carbocycles. The van der Waals surface area contributed by atoms with Crippen molar-refractivity contribution < 1.29 is 9.84 Å². The van der Waals surface area contributed by atoms with E-state index in [0.29, 0.717) is 11.6 Å². The lowest BCUT2D eigenvalue weighted by Crippen LogP contribution is -2.24. The van der Waals surface area contributed by atoms with Crippen molar-refractivity contribution in [3.05, 3.63) is 28.8 Å². The number of aliphatic hydroxyl groups excluding tert-OH is 1. The summed E-state index contributed by atoms with van der Waals surface area (Å²) in [6, 6.07) is 5.59. The third-order valence-corrected chi connectivity index (χ3v) is 3.55. The van der Waals surface area contributed by atoms with E-state index in [4.69, 9.17) is 16.3 Å². The van der Waals surface area contributed by atoms with Crippen molar-refractivity contribution in [3.8, 4) is 0 Å². The Bertz CT molecular complexity index is 393. The molecule has 0 spiro atoms. The van der Waals surface area contributed by atoms with Crippen LogP contribution >= 0.6 is 11.6 Å². The quantitative estimate of drug-likeness (QED) is 0.773. The summed E-state index contributed by atoms with van der Waals surface area (Å²) >= 11 is 6.18. The predicted octanol–water partition coefficient (Wildman–Crippen LogP) is 2.70. The molecule has 1 saturated carbocycles. The average molecular weight is 270 g/mol. The molecule has 3 nitrogen and oxygen atoms in total. The number of aliphatic hydroxyl groups is 1. The highest BCUT2D eigenvalue weighted by Gasteiger charge is 2.21. The molecule has 1 aliphatic rings. The first-order valence-electron chi connectivity index (χ1n) is 6.39. The highest BCUT2D eigenvalue weighted by molar-refractivity contribution is 6.33. The zero-order valence-corrected chi connectivity index (χ0v) is 11.5. The van der Waals surface area contributed by atoms with Crippen LogP contribution in [0.15, 0.2) is 18.2 Å². The van der Waals surface area contributed by atoms with Crippen molar-refractivity contribution in [1.29, 1.82) is 0 Å². The second-order valence-corrected chi connectivity index (χ2v) is 5.25. The first-order chi connectivity index (χ1) is 8.72. The molecule has 0 unspecified atom stereocenters. The van der Waals surface area contributed by atoms with Crippen molar-refractivity contribution >= 4 is 17.3 Å². The number of anilines is 1. The lowest BCUT2D eigenvalue weighted by atomic mass is 10.1. The van der Waals surface area contributed by atoms with Gasteiger partial charge in [-0.2, -0.15) is 0 Å². The highest BCUT2D eigenvalue weighted by atomic mass is 35.5. The molecule has 0 bridgehead atoms. The number of halogens is 1. The van der Waals surface area contributed by atoms with Gasteiger partial charge in [-0.3, -0.25) is 0 Å². The second-order valence-electron chi connectivity index (χ2n) is 4.85. The van der Waals surface area contributed by atoms with Crippen molar-refractivity contribution in [2.45, 2.75) is 19.4 Å². The Morgan fingerprint density at radius 3 is 2.89 bits per heavy atom. The van der Waals surface area contributed by atoms with E-state index in [-0.39, 0.29) is 6.61 Å². The van der Waals surface area contributed by atoms with E-state index in [0.717, 1.165) is 30.3 Å². The van der Waals surface area contributed by atoms with Crippen LogP contribution in [-0.2, 0) is 11.3 Å². The summed E-state index contributed by atoms with van der Waals surface area (Å²) in [7, 11) is 1.97. The Kier molecular flexibility index (Phi) is 4.87. The van der Waals surface area contributed by atoms with E-state index in [1.807, 2.05) is 30.1 Å². The summed E-state index contributed by atoms with van der Waals surface area (Å²) in [5, 5.41) is 10.0. The van der Waals surface area contributed by atoms with E-state index < -0.39 is 0 Å². The highest BCUT2D eigenvalue weighted by Crippen LogP contribution is 2.30. The minimum Gasteiger partial charge on any atom is -0.392 e. The van der Waals surface area contributed by atoms with Crippen LogP contribution in [0.25, 0.3) is 0 Å². The number of para-hydroxylation sites is 1. The fourth-order valence-electron chi connectivity index (χ4n) is 1.96. The summed E-state index contributed by atoms with van der Waals surface area (Å²) < 4.78 is 5.62. The summed E-state index contributed by atoms with van der Waals surface area (Å²) in [6.45, 7) is 2.36. The molecule has 1 N–H and O–H groups in total. The minimum absolute atomic E-state index is 0.00314. The van der Waals surface area contributed by atoms with Crippen LogP contribution in [-0.4, -0.2) is 31.9 Å². The molecule has 0 atom stereocenters. The Labute approximate surface area is 113 Å². The van der Waals surface area contributed by atoms with Gasteiger partial charge in [0, 0.05) is 25.8 Å². The third kappa shape index (κ3) is 3.61. The first kappa shape index (κ1) is 13.7. The molecule has 18 heavy (non-hydrogen) atoms. The van der Waals surface area contributed by atoms with Crippen molar-refractivity contribution in [3.63, 3.8) is 0 Å². The molecule has 0 amide bonds. The lowest BCUT2D eigenvalue weighted by molar-refractivity contribution is 0.131. The molecule has 0 saturated heterocycles. The van der Waals surface area contributed by atoms with Gasteiger partial charge in [-0.25, -0.2) is 0 Å². The normalized spacial score (nSPS) is 14.8. The SMILES string of the molecule is CN(CCOCC1CC1)c1c(Cl)cccc1CO. The molecule has 0 aliphatic heterocycles. The summed E-state index contributed by atoms with van der Waals surface area (Å²) in [5.74, 6) is 0.795. The molecule has 1 fully saturated rings. The monoisotopic (exact) mass is 269 g/mol. The molecule has 0 radical (unpaired) electrons. The third-order valence-electron chi connectivity index (χ3n) is 3.24. The van der Waals surface area contributed by atoms with Crippen LogP contribution < -0.4 is 4.90 Å². The molecular weight excluding hydrogens is 250 g/mol. The first-order valence-corrected chi connectivity index (χ1v) is 6.77. The van der Waals surface area contributed by atoms with E-state index in [2.05, 4.69) is 0 Å². The van der Waals surface area contributed by atoms with Crippen molar-refractivity contribution in [2.75, 3.05) is 31.7 Å². The van der Waals surface area contributed by atoms with Crippen LogP contribution in [0.2, 0.25) is 5.02 Å². The zero-order chi connectivity index (χ0) is 13.0. The van der Waals surface area contributed by atoms with Gasteiger partial charge in [-0.15, -0.1) is 0 Å². The van der Waals surface area contributed by atoms with Gasteiger partial charge in [0.05, 0.1) is 23.9 Å². The molecule has 1 aliphatic carbocycles. The number of hydrogen-bond acceptors (Lipinski definition) is 3. The average Bonchev–Trinajstić information content (AvgIpc) is 3.18. The predicted molar refractivity (Wildman–Crippen MR) is 74.2 cm³/mol. The number of ether oxygens (including phenoxy) is 1. The smallest absolute Gasteiger partial charge is 0.0702 e. The Morgan fingerprint density at radius 2 is 2.22 bits per heavy atom. The fraction of sp³-hybridized carbons (Fsp3) is 0.571. The minimum atomic E-state index is 0.00314. The van der Waals surface area contributed by atoms with E-state index in [1.54, 1.807) is 0 Å². The largest absolute Gasteiger partial charge is 0.392 e. The maximum absolute atomic E-state index is 9.33. The van der Waals surface area contributed by atoms with Crippen LogP contribution in [0.4, 0.5) is 5.69 Å². The number of hydrogen-bond donors (Lipinski definition) is 1. The summed E-state index contributed by atoms with van der Waals surface area (Å²) in [6.07, 6.45) is 2.63. The number of nitrogens with zero attached hydrogens (tertiary/aromatic N) is 1. The summed E-state index contributed by atoms with van der Waals surface area (Å²) in [5.41, 5.74) is 1.75. The molecule has 4 heteroatoms. The van der Waals surface area contributed by atoms with Crippen molar-refractivity contribution in [1.82, 2.24) is 0 Å². The molecule has 2 rings (SSSR count). The molecule has 0 heterocycles. The van der Waals surface area contributed by atoms with Gasteiger partial charge < -0.3 is 14.7 Å². The zero-order valence-electron chi connectivity index (χ0n) is 10.7. The van der Waals surface area contributed by atoms with Crippen molar-refractivity contribution in [2.24, 2.45) is 5.92 Å². The van der Waals surface area contributed by atoms with Crippen LogP contribution in [0.5, 0.6) is 0 Å². The lowest BCUT2D eigenvalue weighted by Gasteiger charge is -2.23. The van der Waals surface area contributed by atoms with E-state index >= 15 is 0 Å². The van der Waals surface area contributed by atoms with Gasteiger partial charge in [0.2, 0.25) is 0 Å². The van der Waals surface area contributed by atoms with E-state index in [1.165, 1.54) is 12.8 Å². The maximum Gasteiger partial charge on any atom is 0.0702 e. The van der Waals surface area contributed by atoms with Gasteiger partial charge in [0.1, 0.15) is 0 Å². The maximum atomic E-state index is 9.33. The van der Waals surface area contributed by atoms with Gasteiger partial charge in [0.15, 0.2) is 0 Å². The molecule has 0 aromatic heterocycles. The number of likely N-dealkylation sites (N-methyl/N-ethyl adjacent to an activating group) is 1. The number of rotatable bonds is 7. The molecular formula is C14H20ClNO2. The fourth-order valence-corrected chi connectivity index (χ4v) is 2.30. The molecule has 1 aromatic rings. The summed E-state index contributed by atoms with van der Waals surface area (Å²) in [4.78, 5) is 2.04. The van der Waals surface area contributed by atoms with Gasteiger partial charge in [-0.1, -0.05) is 23.7 Å². The number of benzene rings is 1. The van der Waals surface area contributed by atoms with E-state index in [9.17, 15) is 5.11 Å². The Balaban J connectivity index is 1.88. The standard InChI is InChI=1S/C14H20ClNO2/c1-16(7-8-18-10-11-5-6-11)14-12(9-17)3-2-4-13(14)15/h2-4,11,17H,5-10H2,1H3. The Hall–Kier alpha value is -0.770. The second kappa shape index (κ2) is 6.41. The van der Waals surface area contributed by atoms with Crippen LogP contribution in [0.3, 0.4) is 0 Å². The topological polar surface area (TPSA) is 32.7 Å².